The Bertz CT molecular complexity index is 480. The van der Waals surface area contributed by atoms with Crippen molar-refractivity contribution in [2.45, 2.75) is 19.8 Å². The number of oxime groups is 1. The monoisotopic (exact) mass is 234 g/mol. The fraction of sp³-hybridized carbons (Fsp3) is 0.364. The lowest BCUT2D eigenvalue weighted by Crippen LogP contribution is -2.36. The van der Waals surface area contributed by atoms with E-state index in [0.29, 0.717) is 18.5 Å². The van der Waals surface area contributed by atoms with Crippen molar-refractivity contribution in [1.29, 1.82) is 0 Å². The standard InChI is InChI=1S/C11H14N4O2/c1-7-4-8(6-13-5-7)14-10(16)11(2-3-11)9(12)15-17/h4-6,17H,2-3H2,1H3,(H2,12,15)(H,14,16). The number of amidine groups is 1. The molecule has 1 amide bonds. The molecule has 1 aromatic heterocycles. The molecule has 1 aliphatic rings. The molecule has 0 aromatic carbocycles. The predicted octanol–water partition coefficient (Wildman–Crippen LogP) is 0.855. The number of amides is 1. The maximum atomic E-state index is 12.0. The van der Waals surface area contributed by atoms with Crippen LogP contribution in [0.4, 0.5) is 5.69 Å². The van der Waals surface area contributed by atoms with Gasteiger partial charge in [0.25, 0.3) is 0 Å². The second kappa shape index (κ2) is 4.04. The molecule has 2 rings (SSSR count). The lowest BCUT2D eigenvalue weighted by molar-refractivity contribution is -0.119. The van der Waals surface area contributed by atoms with E-state index in [4.69, 9.17) is 10.9 Å². The largest absolute Gasteiger partial charge is 0.409 e. The highest BCUT2D eigenvalue weighted by molar-refractivity contribution is 6.14. The van der Waals surface area contributed by atoms with Gasteiger partial charge in [-0.25, -0.2) is 0 Å². The fourth-order valence-corrected chi connectivity index (χ4v) is 1.69. The minimum Gasteiger partial charge on any atom is -0.409 e. The Balaban J connectivity index is 2.13. The topological polar surface area (TPSA) is 101 Å². The number of nitrogens with one attached hydrogen (secondary N) is 1. The van der Waals surface area contributed by atoms with Gasteiger partial charge in [-0.15, -0.1) is 0 Å². The summed E-state index contributed by atoms with van der Waals surface area (Å²) in [5.41, 5.74) is 6.26. The lowest BCUT2D eigenvalue weighted by Gasteiger charge is -2.13. The number of pyridine rings is 1. The number of nitrogens with two attached hydrogens (primary N) is 1. The van der Waals surface area contributed by atoms with Gasteiger partial charge in [0.05, 0.1) is 11.9 Å². The molecule has 0 spiro atoms. The van der Waals surface area contributed by atoms with Crippen LogP contribution < -0.4 is 11.1 Å². The summed E-state index contributed by atoms with van der Waals surface area (Å²) >= 11 is 0. The minimum atomic E-state index is -0.835. The van der Waals surface area contributed by atoms with E-state index >= 15 is 0 Å². The maximum Gasteiger partial charge on any atom is 0.238 e. The van der Waals surface area contributed by atoms with Crippen LogP contribution in [-0.2, 0) is 4.79 Å². The van der Waals surface area contributed by atoms with Crippen LogP contribution in [0.3, 0.4) is 0 Å². The molecule has 1 aromatic rings. The summed E-state index contributed by atoms with van der Waals surface area (Å²) in [4.78, 5) is 16.0. The maximum absolute atomic E-state index is 12.0. The summed E-state index contributed by atoms with van der Waals surface area (Å²) in [6, 6.07) is 1.81. The average Bonchev–Trinajstić information content (AvgIpc) is 3.09. The van der Waals surface area contributed by atoms with Crippen LogP contribution in [-0.4, -0.2) is 21.9 Å². The molecule has 6 nitrogen and oxygen atoms in total. The Hall–Kier alpha value is -2.11. The van der Waals surface area contributed by atoms with Crippen LogP contribution in [0.5, 0.6) is 0 Å². The van der Waals surface area contributed by atoms with Crippen LogP contribution in [0.25, 0.3) is 0 Å². The average molecular weight is 234 g/mol. The third kappa shape index (κ3) is 2.06. The summed E-state index contributed by atoms with van der Waals surface area (Å²) in [5, 5.41) is 14.3. The number of carbonyl (C=O) groups excluding carboxylic acids is 1. The van der Waals surface area contributed by atoms with Crippen molar-refractivity contribution in [2.75, 3.05) is 5.32 Å². The van der Waals surface area contributed by atoms with Gasteiger partial charge in [0.2, 0.25) is 5.91 Å². The van der Waals surface area contributed by atoms with Gasteiger partial charge < -0.3 is 16.3 Å². The van der Waals surface area contributed by atoms with Gasteiger partial charge in [0, 0.05) is 6.20 Å². The zero-order chi connectivity index (χ0) is 12.5. The van der Waals surface area contributed by atoms with Crippen molar-refractivity contribution in [1.82, 2.24) is 4.98 Å². The van der Waals surface area contributed by atoms with Crippen molar-refractivity contribution >= 4 is 17.4 Å². The van der Waals surface area contributed by atoms with Crippen LogP contribution >= 0.6 is 0 Å². The SMILES string of the molecule is Cc1cncc(NC(=O)C2(/C(N)=N/O)CC2)c1. The Morgan fingerprint density at radius 3 is 2.82 bits per heavy atom. The molecule has 0 saturated heterocycles. The second-order valence-electron chi connectivity index (χ2n) is 4.27. The molecular weight excluding hydrogens is 220 g/mol. The van der Waals surface area contributed by atoms with Crippen LogP contribution in [0, 0.1) is 12.3 Å². The quantitative estimate of drug-likeness (QED) is 0.312. The molecule has 0 radical (unpaired) electrons. The fourth-order valence-electron chi connectivity index (χ4n) is 1.69. The van der Waals surface area contributed by atoms with Crippen molar-refractivity contribution in [2.24, 2.45) is 16.3 Å². The summed E-state index contributed by atoms with van der Waals surface area (Å²) in [6.45, 7) is 1.89. The summed E-state index contributed by atoms with van der Waals surface area (Å²) in [6.07, 6.45) is 4.47. The number of hydrogen-bond acceptors (Lipinski definition) is 4. The van der Waals surface area contributed by atoms with E-state index in [-0.39, 0.29) is 11.7 Å². The Morgan fingerprint density at radius 2 is 2.29 bits per heavy atom. The Kier molecular flexibility index (Phi) is 2.71. The van der Waals surface area contributed by atoms with Gasteiger partial charge in [-0.3, -0.25) is 9.78 Å². The molecule has 1 saturated carbocycles. The zero-order valence-electron chi connectivity index (χ0n) is 9.47. The van der Waals surface area contributed by atoms with E-state index in [9.17, 15) is 4.79 Å². The second-order valence-corrected chi connectivity index (χ2v) is 4.27. The Morgan fingerprint density at radius 1 is 1.59 bits per heavy atom. The lowest BCUT2D eigenvalue weighted by atomic mass is 10.1. The van der Waals surface area contributed by atoms with E-state index in [1.165, 1.54) is 0 Å². The van der Waals surface area contributed by atoms with E-state index in [1.54, 1.807) is 12.4 Å². The number of hydrogen-bond donors (Lipinski definition) is 3. The first-order valence-electron chi connectivity index (χ1n) is 5.29. The van der Waals surface area contributed by atoms with Crippen LogP contribution in [0.15, 0.2) is 23.6 Å². The van der Waals surface area contributed by atoms with Crippen molar-refractivity contribution in [3.05, 3.63) is 24.0 Å². The summed E-state index contributed by atoms with van der Waals surface area (Å²) in [5.74, 6) is -0.282. The molecule has 6 heteroatoms. The third-order valence-electron chi connectivity index (χ3n) is 2.92. The Labute approximate surface area is 98.5 Å². The van der Waals surface area contributed by atoms with Gasteiger partial charge in [-0.05, 0) is 31.4 Å². The zero-order valence-corrected chi connectivity index (χ0v) is 9.47. The molecular formula is C11H14N4O2. The first-order valence-corrected chi connectivity index (χ1v) is 5.29. The van der Waals surface area contributed by atoms with E-state index in [2.05, 4.69) is 15.5 Å². The highest BCUT2D eigenvalue weighted by atomic mass is 16.4. The van der Waals surface area contributed by atoms with Crippen molar-refractivity contribution in [3.63, 3.8) is 0 Å². The molecule has 0 atom stereocenters. The third-order valence-corrected chi connectivity index (χ3v) is 2.92. The first kappa shape index (κ1) is 11.4. The van der Waals surface area contributed by atoms with Crippen LogP contribution in [0.1, 0.15) is 18.4 Å². The van der Waals surface area contributed by atoms with Crippen molar-refractivity contribution in [3.8, 4) is 0 Å². The number of anilines is 1. The highest BCUT2D eigenvalue weighted by Crippen LogP contribution is 2.46. The van der Waals surface area contributed by atoms with Gasteiger partial charge in [0.15, 0.2) is 5.84 Å². The molecule has 0 bridgehead atoms. The van der Waals surface area contributed by atoms with Gasteiger partial charge >= 0.3 is 0 Å². The number of rotatable bonds is 3. The summed E-state index contributed by atoms with van der Waals surface area (Å²) in [7, 11) is 0. The van der Waals surface area contributed by atoms with Crippen molar-refractivity contribution < 1.29 is 10.0 Å². The molecule has 0 unspecified atom stereocenters. The van der Waals surface area contributed by atoms with Gasteiger partial charge in [-0.2, -0.15) is 0 Å². The molecule has 17 heavy (non-hydrogen) atoms. The molecule has 1 aliphatic carbocycles. The number of nitrogens with zero attached hydrogens (tertiary/aromatic N) is 2. The number of carbonyl (C=O) groups is 1. The van der Waals surface area contributed by atoms with Gasteiger partial charge in [-0.1, -0.05) is 5.16 Å². The van der Waals surface area contributed by atoms with E-state index in [1.807, 2.05) is 13.0 Å². The van der Waals surface area contributed by atoms with Gasteiger partial charge in [0.1, 0.15) is 5.41 Å². The smallest absolute Gasteiger partial charge is 0.238 e. The number of aryl methyl sites for hydroxylation is 1. The molecule has 1 heterocycles. The highest BCUT2D eigenvalue weighted by Gasteiger charge is 2.54. The minimum absolute atomic E-state index is 0.0318. The first-order chi connectivity index (χ1) is 8.08. The molecule has 0 aliphatic heterocycles. The summed E-state index contributed by atoms with van der Waals surface area (Å²) < 4.78 is 0. The molecule has 4 N–H and O–H groups in total. The normalized spacial score (nSPS) is 17.6. The predicted molar refractivity (Wildman–Crippen MR) is 62.7 cm³/mol. The molecule has 1 fully saturated rings. The van der Waals surface area contributed by atoms with E-state index in [0.717, 1.165) is 5.56 Å². The van der Waals surface area contributed by atoms with E-state index < -0.39 is 5.41 Å². The molecule has 90 valence electrons. The number of aromatic nitrogens is 1. The van der Waals surface area contributed by atoms with Crippen LogP contribution in [0.2, 0.25) is 0 Å².